The average molecular weight is 193 g/mol. The van der Waals surface area contributed by atoms with E-state index in [0.29, 0.717) is 11.8 Å². The number of fused-ring (bicyclic) bond motifs is 1. The van der Waals surface area contributed by atoms with Crippen molar-refractivity contribution < 1.29 is 14.3 Å². The lowest BCUT2D eigenvalue weighted by molar-refractivity contribution is -0.108. The number of aromatic nitrogens is 1. The van der Waals surface area contributed by atoms with Gasteiger partial charge >= 0.3 is 5.76 Å². The number of phenols is 1. The molecule has 0 saturated heterocycles. The first-order valence-corrected chi connectivity index (χ1v) is 3.98. The normalized spacial score (nSPS) is 10.6. The number of rotatable bonds is 2. The first kappa shape index (κ1) is 8.55. The molecule has 0 unspecified atom stereocenters. The molecule has 0 bridgehead atoms. The van der Waals surface area contributed by atoms with Gasteiger partial charge in [0.2, 0.25) is 0 Å². The van der Waals surface area contributed by atoms with E-state index in [9.17, 15) is 9.59 Å². The minimum absolute atomic E-state index is 0.0181. The van der Waals surface area contributed by atoms with Crippen LogP contribution in [0.25, 0.3) is 11.1 Å². The fourth-order valence-corrected chi connectivity index (χ4v) is 1.30. The molecule has 1 aromatic carbocycles. The highest BCUT2D eigenvalue weighted by Crippen LogP contribution is 2.18. The molecule has 72 valence electrons. The highest BCUT2D eigenvalue weighted by Gasteiger charge is 2.08. The standard InChI is InChI=1S/C9H7NO4/c11-4-3-10-7-2-1-6(12)5-8(7)14-9(10)13/h1-2,4-5,12H,3H2. The van der Waals surface area contributed by atoms with Crippen molar-refractivity contribution in [1.29, 1.82) is 0 Å². The lowest BCUT2D eigenvalue weighted by atomic mass is 10.3. The summed E-state index contributed by atoms with van der Waals surface area (Å²) < 4.78 is 6.02. The van der Waals surface area contributed by atoms with Crippen LogP contribution >= 0.6 is 0 Å². The summed E-state index contributed by atoms with van der Waals surface area (Å²) in [4.78, 5) is 21.5. The second-order valence-electron chi connectivity index (χ2n) is 2.80. The molecular formula is C9H7NO4. The smallest absolute Gasteiger partial charge is 0.420 e. The Bertz CT molecular complexity index is 537. The Balaban J connectivity index is 2.76. The van der Waals surface area contributed by atoms with Gasteiger partial charge in [-0.3, -0.25) is 4.57 Å². The monoisotopic (exact) mass is 193 g/mol. The number of hydrogen-bond donors (Lipinski definition) is 1. The first-order valence-electron chi connectivity index (χ1n) is 3.98. The molecule has 5 nitrogen and oxygen atoms in total. The van der Waals surface area contributed by atoms with Gasteiger partial charge in [-0.05, 0) is 12.1 Å². The highest BCUT2D eigenvalue weighted by molar-refractivity contribution is 5.75. The minimum Gasteiger partial charge on any atom is -0.508 e. The molecule has 5 heteroatoms. The van der Waals surface area contributed by atoms with E-state index in [0.717, 1.165) is 0 Å². The third-order valence-corrected chi connectivity index (χ3v) is 1.91. The van der Waals surface area contributed by atoms with Crippen LogP contribution in [-0.4, -0.2) is 16.0 Å². The third kappa shape index (κ3) is 1.19. The van der Waals surface area contributed by atoms with Crippen molar-refractivity contribution in [2.24, 2.45) is 0 Å². The number of aromatic hydroxyl groups is 1. The van der Waals surface area contributed by atoms with Crippen LogP contribution in [0.1, 0.15) is 0 Å². The Morgan fingerprint density at radius 1 is 1.50 bits per heavy atom. The maximum Gasteiger partial charge on any atom is 0.420 e. The zero-order chi connectivity index (χ0) is 10.1. The van der Waals surface area contributed by atoms with Crippen molar-refractivity contribution in [2.75, 3.05) is 0 Å². The summed E-state index contributed by atoms with van der Waals surface area (Å²) >= 11 is 0. The van der Waals surface area contributed by atoms with Crippen molar-refractivity contribution in [3.05, 3.63) is 28.7 Å². The molecule has 1 heterocycles. The van der Waals surface area contributed by atoms with E-state index >= 15 is 0 Å². The summed E-state index contributed by atoms with van der Waals surface area (Å²) in [6.45, 7) is -0.0450. The van der Waals surface area contributed by atoms with E-state index in [1.807, 2.05) is 0 Å². The Morgan fingerprint density at radius 3 is 3.00 bits per heavy atom. The van der Waals surface area contributed by atoms with Crippen LogP contribution < -0.4 is 5.76 Å². The molecule has 0 aliphatic heterocycles. The van der Waals surface area contributed by atoms with Crippen LogP contribution in [0.5, 0.6) is 5.75 Å². The van der Waals surface area contributed by atoms with Gasteiger partial charge in [-0.1, -0.05) is 0 Å². The lowest BCUT2D eigenvalue weighted by Crippen LogP contribution is -2.14. The second-order valence-corrected chi connectivity index (χ2v) is 2.80. The van der Waals surface area contributed by atoms with Gasteiger partial charge in [-0.25, -0.2) is 4.79 Å². The Morgan fingerprint density at radius 2 is 2.29 bits per heavy atom. The summed E-state index contributed by atoms with van der Waals surface area (Å²) in [6, 6.07) is 4.29. The Labute approximate surface area is 78.2 Å². The van der Waals surface area contributed by atoms with E-state index in [1.54, 1.807) is 0 Å². The second kappa shape index (κ2) is 3.02. The van der Waals surface area contributed by atoms with Crippen LogP contribution in [-0.2, 0) is 11.3 Å². The van der Waals surface area contributed by atoms with E-state index in [1.165, 1.54) is 22.8 Å². The van der Waals surface area contributed by atoms with Gasteiger partial charge < -0.3 is 14.3 Å². The van der Waals surface area contributed by atoms with Crippen molar-refractivity contribution in [1.82, 2.24) is 4.57 Å². The fourth-order valence-electron chi connectivity index (χ4n) is 1.30. The zero-order valence-corrected chi connectivity index (χ0v) is 7.14. The lowest BCUT2D eigenvalue weighted by Gasteiger charge is -1.94. The van der Waals surface area contributed by atoms with Crippen molar-refractivity contribution in [3.8, 4) is 5.75 Å². The van der Waals surface area contributed by atoms with Crippen LogP contribution in [0.2, 0.25) is 0 Å². The molecule has 0 spiro atoms. The maximum absolute atomic E-state index is 11.2. The van der Waals surface area contributed by atoms with E-state index in [4.69, 9.17) is 9.52 Å². The van der Waals surface area contributed by atoms with Crippen LogP contribution in [0, 0.1) is 0 Å². The van der Waals surface area contributed by atoms with Crippen molar-refractivity contribution in [2.45, 2.75) is 6.54 Å². The summed E-state index contributed by atoms with van der Waals surface area (Å²) in [5.41, 5.74) is 0.775. The molecule has 1 N–H and O–H groups in total. The molecule has 14 heavy (non-hydrogen) atoms. The maximum atomic E-state index is 11.2. The van der Waals surface area contributed by atoms with Gasteiger partial charge in [0.25, 0.3) is 0 Å². The van der Waals surface area contributed by atoms with Gasteiger partial charge in [0.1, 0.15) is 12.0 Å². The number of carbonyl (C=O) groups excluding carboxylic acids is 1. The number of hydrogen-bond acceptors (Lipinski definition) is 4. The van der Waals surface area contributed by atoms with E-state index in [-0.39, 0.29) is 17.9 Å². The first-order chi connectivity index (χ1) is 6.72. The number of nitrogens with zero attached hydrogens (tertiary/aromatic N) is 1. The number of benzene rings is 1. The average Bonchev–Trinajstić information content (AvgIpc) is 2.43. The molecule has 2 rings (SSSR count). The van der Waals surface area contributed by atoms with Crippen LogP contribution in [0.3, 0.4) is 0 Å². The van der Waals surface area contributed by atoms with Gasteiger partial charge in [0, 0.05) is 6.07 Å². The summed E-state index contributed by atoms with van der Waals surface area (Å²) in [5.74, 6) is -0.581. The molecule has 0 radical (unpaired) electrons. The third-order valence-electron chi connectivity index (χ3n) is 1.91. The van der Waals surface area contributed by atoms with Gasteiger partial charge in [-0.2, -0.15) is 0 Å². The Hall–Kier alpha value is -2.04. The summed E-state index contributed by atoms with van der Waals surface area (Å²) in [5, 5.41) is 9.12. The molecule has 2 aromatic rings. The molecule has 0 amide bonds. The number of carbonyl (C=O) groups is 1. The predicted octanol–water partition coefficient (Wildman–Crippen LogP) is 0.499. The van der Waals surface area contributed by atoms with Crippen molar-refractivity contribution >= 4 is 17.4 Å². The van der Waals surface area contributed by atoms with E-state index < -0.39 is 5.76 Å². The van der Waals surface area contributed by atoms with E-state index in [2.05, 4.69) is 0 Å². The van der Waals surface area contributed by atoms with Crippen molar-refractivity contribution in [3.63, 3.8) is 0 Å². The number of phenolic OH excluding ortho intramolecular Hbond substituents is 1. The number of aldehydes is 1. The largest absolute Gasteiger partial charge is 0.508 e. The van der Waals surface area contributed by atoms with Gasteiger partial charge in [-0.15, -0.1) is 0 Å². The van der Waals surface area contributed by atoms with Gasteiger partial charge in [0.05, 0.1) is 12.1 Å². The molecule has 1 aromatic heterocycles. The molecule has 0 atom stereocenters. The molecule has 0 saturated carbocycles. The zero-order valence-electron chi connectivity index (χ0n) is 7.14. The summed E-state index contributed by atoms with van der Waals surface area (Å²) in [7, 11) is 0. The predicted molar refractivity (Wildman–Crippen MR) is 48.2 cm³/mol. The minimum atomic E-state index is -0.599. The van der Waals surface area contributed by atoms with Gasteiger partial charge in [0.15, 0.2) is 5.58 Å². The SMILES string of the molecule is O=CCn1c(=O)oc2cc(O)ccc21. The molecule has 0 aliphatic rings. The number of oxazole rings is 1. The molecule has 0 fully saturated rings. The molecule has 0 aliphatic carbocycles. The fraction of sp³-hybridized carbons (Fsp3) is 0.111. The molecular weight excluding hydrogens is 186 g/mol. The quantitative estimate of drug-likeness (QED) is 0.705. The van der Waals surface area contributed by atoms with Crippen LogP contribution in [0.15, 0.2) is 27.4 Å². The Kier molecular flexibility index (Phi) is 1.85. The topological polar surface area (TPSA) is 72.4 Å². The van der Waals surface area contributed by atoms with Crippen LogP contribution in [0.4, 0.5) is 0 Å². The highest BCUT2D eigenvalue weighted by atomic mass is 16.4. The summed E-state index contributed by atoms with van der Waals surface area (Å²) in [6.07, 6.45) is 0.614.